The van der Waals surface area contributed by atoms with E-state index < -0.39 is 0 Å². The SMILES string of the molecule is O=[N+]([O-])c1cc(C=NNn2cnnc2)ccc1N1CCOCC1. The Morgan fingerprint density at radius 1 is 1.30 bits per heavy atom. The molecule has 1 aliphatic rings. The first-order chi connectivity index (χ1) is 11.2. The van der Waals surface area contributed by atoms with Gasteiger partial charge >= 0.3 is 0 Å². The third-order valence-corrected chi connectivity index (χ3v) is 3.35. The lowest BCUT2D eigenvalue weighted by Crippen LogP contribution is -2.36. The van der Waals surface area contributed by atoms with E-state index in [-0.39, 0.29) is 10.6 Å². The number of nitrogens with one attached hydrogen (secondary N) is 1. The topological polar surface area (TPSA) is 111 Å². The maximum Gasteiger partial charge on any atom is 0.293 e. The number of nitro benzene ring substituents is 1. The summed E-state index contributed by atoms with van der Waals surface area (Å²) in [6.45, 7) is 2.43. The number of anilines is 1. The van der Waals surface area contributed by atoms with Crippen LogP contribution >= 0.6 is 0 Å². The number of hydrogen-bond acceptors (Lipinski definition) is 8. The molecule has 0 unspecified atom stereocenters. The van der Waals surface area contributed by atoms with Gasteiger partial charge < -0.3 is 9.64 Å². The van der Waals surface area contributed by atoms with Crippen molar-refractivity contribution in [3.8, 4) is 0 Å². The van der Waals surface area contributed by atoms with E-state index in [1.54, 1.807) is 12.1 Å². The molecule has 0 saturated carbocycles. The zero-order valence-electron chi connectivity index (χ0n) is 12.2. The van der Waals surface area contributed by atoms with Crippen molar-refractivity contribution in [2.75, 3.05) is 36.7 Å². The summed E-state index contributed by atoms with van der Waals surface area (Å²) < 4.78 is 6.73. The molecule has 1 aromatic heterocycles. The summed E-state index contributed by atoms with van der Waals surface area (Å²) in [6.07, 6.45) is 4.39. The van der Waals surface area contributed by atoms with E-state index in [1.165, 1.54) is 29.6 Å². The van der Waals surface area contributed by atoms with Gasteiger partial charge in [0.05, 0.1) is 24.4 Å². The Labute approximate surface area is 131 Å². The number of nitro groups is 1. The molecule has 10 nitrogen and oxygen atoms in total. The molecule has 0 aliphatic carbocycles. The van der Waals surface area contributed by atoms with Crippen molar-refractivity contribution < 1.29 is 9.66 Å². The van der Waals surface area contributed by atoms with E-state index in [9.17, 15) is 10.1 Å². The van der Waals surface area contributed by atoms with E-state index in [2.05, 4.69) is 20.8 Å². The van der Waals surface area contributed by atoms with Crippen molar-refractivity contribution >= 4 is 17.6 Å². The number of aromatic nitrogens is 3. The molecular weight excluding hydrogens is 302 g/mol. The van der Waals surface area contributed by atoms with Gasteiger partial charge in [0.15, 0.2) is 0 Å². The molecule has 10 heteroatoms. The average Bonchev–Trinajstić information content (AvgIpc) is 3.09. The first-order valence-electron chi connectivity index (χ1n) is 6.99. The third-order valence-electron chi connectivity index (χ3n) is 3.35. The fraction of sp³-hybridized carbons (Fsp3) is 0.308. The average molecular weight is 317 g/mol. The van der Waals surface area contributed by atoms with Crippen LogP contribution in [0.5, 0.6) is 0 Å². The number of benzene rings is 1. The van der Waals surface area contributed by atoms with Gasteiger partial charge in [-0.2, -0.15) is 5.10 Å². The number of rotatable bonds is 5. The van der Waals surface area contributed by atoms with Crippen LogP contribution in [0.25, 0.3) is 0 Å². The Kier molecular flexibility index (Phi) is 4.43. The first-order valence-corrected chi connectivity index (χ1v) is 6.99. The molecule has 0 radical (unpaired) electrons. The summed E-state index contributed by atoms with van der Waals surface area (Å²) in [6, 6.07) is 5.03. The minimum absolute atomic E-state index is 0.0557. The molecule has 0 spiro atoms. The van der Waals surface area contributed by atoms with Gasteiger partial charge in [-0.3, -0.25) is 10.1 Å². The highest BCUT2D eigenvalue weighted by atomic mass is 16.6. The van der Waals surface area contributed by atoms with Crippen molar-refractivity contribution in [1.82, 2.24) is 14.9 Å². The van der Waals surface area contributed by atoms with Crippen LogP contribution < -0.4 is 10.4 Å². The number of hydrazone groups is 1. The van der Waals surface area contributed by atoms with Crippen molar-refractivity contribution in [3.05, 3.63) is 46.5 Å². The number of ether oxygens (including phenoxy) is 1. The second kappa shape index (κ2) is 6.83. The van der Waals surface area contributed by atoms with Gasteiger partial charge in [-0.15, -0.1) is 10.2 Å². The summed E-state index contributed by atoms with van der Waals surface area (Å²) in [5, 5.41) is 22.6. The number of morpholine rings is 1. The molecule has 23 heavy (non-hydrogen) atoms. The van der Waals surface area contributed by atoms with Gasteiger partial charge in [-0.25, -0.2) is 10.2 Å². The van der Waals surface area contributed by atoms with Crippen LogP contribution in [0.1, 0.15) is 5.56 Å². The van der Waals surface area contributed by atoms with E-state index in [1.807, 2.05) is 4.90 Å². The Hall–Kier alpha value is -3.01. The smallest absolute Gasteiger partial charge is 0.293 e. The molecule has 0 atom stereocenters. The molecule has 120 valence electrons. The van der Waals surface area contributed by atoms with Crippen molar-refractivity contribution in [1.29, 1.82) is 0 Å². The lowest BCUT2D eigenvalue weighted by molar-refractivity contribution is -0.384. The molecule has 1 N–H and O–H groups in total. The van der Waals surface area contributed by atoms with Crippen LogP contribution in [0, 0.1) is 10.1 Å². The summed E-state index contributed by atoms with van der Waals surface area (Å²) in [7, 11) is 0. The standard InChI is InChI=1S/C13H15N7O3/c21-20(22)13-7-11(8-14-17-19-9-15-16-10-19)1-2-12(13)18-3-5-23-6-4-18/h1-2,7-10,17H,3-6H2. The van der Waals surface area contributed by atoms with Crippen molar-refractivity contribution in [2.24, 2.45) is 5.10 Å². The second-order valence-corrected chi connectivity index (χ2v) is 4.83. The van der Waals surface area contributed by atoms with Gasteiger partial charge in [0.1, 0.15) is 18.3 Å². The predicted molar refractivity (Wildman–Crippen MR) is 83.1 cm³/mol. The molecule has 1 aromatic carbocycles. The maximum atomic E-state index is 11.3. The van der Waals surface area contributed by atoms with Crippen LogP contribution in [0.15, 0.2) is 36.0 Å². The molecule has 0 amide bonds. The first kappa shape index (κ1) is 14.9. The predicted octanol–water partition coefficient (Wildman–Crippen LogP) is 0.600. The third kappa shape index (κ3) is 3.61. The lowest BCUT2D eigenvalue weighted by Gasteiger charge is -2.28. The van der Waals surface area contributed by atoms with Gasteiger partial charge in [0, 0.05) is 24.7 Å². The molecule has 3 rings (SSSR count). The highest BCUT2D eigenvalue weighted by Crippen LogP contribution is 2.29. The maximum absolute atomic E-state index is 11.3. The monoisotopic (exact) mass is 317 g/mol. The normalized spacial score (nSPS) is 15.0. The number of hydrogen-bond donors (Lipinski definition) is 1. The lowest BCUT2D eigenvalue weighted by atomic mass is 10.1. The minimum Gasteiger partial charge on any atom is -0.378 e. The van der Waals surface area contributed by atoms with E-state index >= 15 is 0 Å². The Balaban J connectivity index is 1.78. The van der Waals surface area contributed by atoms with Crippen LogP contribution in [0.3, 0.4) is 0 Å². The van der Waals surface area contributed by atoms with Crippen LogP contribution in [-0.2, 0) is 4.74 Å². The molecule has 1 aliphatic heterocycles. The van der Waals surface area contributed by atoms with Gasteiger partial charge in [0.25, 0.3) is 5.69 Å². The summed E-state index contributed by atoms with van der Waals surface area (Å²) in [5.74, 6) is 0. The highest BCUT2D eigenvalue weighted by molar-refractivity contribution is 5.83. The van der Waals surface area contributed by atoms with Gasteiger partial charge in [0.2, 0.25) is 0 Å². The van der Waals surface area contributed by atoms with Gasteiger partial charge in [-0.1, -0.05) is 6.07 Å². The highest BCUT2D eigenvalue weighted by Gasteiger charge is 2.21. The van der Waals surface area contributed by atoms with Crippen LogP contribution in [0.4, 0.5) is 11.4 Å². The molecular formula is C13H15N7O3. The summed E-state index contributed by atoms with van der Waals surface area (Å²) in [4.78, 5) is 12.9. The van der Waals surface area contributed by atoms with E-state index in [4.69, 9.17) is 4.74 Å². The molecule has 2 heterocycles. The van der Waals surface area contributed by atoms with Gasteiger partial charge in [-0.05, 0) is 6.07 Å². The zero-order chi connectivity index (χ0) is 16.1. The van der Waals surface area contributed by atoms with E-state index in [0.29, 0.717) is 37.6 Å². The summed E-state index contributed by atoms with van der Waals surface area (Å²) >= 11 is 0. The minimum atomic E-state index is -0.380. The molecule has 1 fully saturated rings. The largest absolute Gasteiger partial charge is 0.378 e. The number of nitrogens with zero attached hydrogens (tertiary/aromatic N) is 6. The Morgan fingerprint density at radius 2 is 2.04 bits per heavy atom. The van der Waals surface area contributed by atoms with E-state index in [0.717, 1.165) is 0 Å². The molecule has 2 aromatic rings. The van der Waals surface area contributed by atoms with Crippen LogP contribution in [0.2, 0.25) is 0 Å². The Bertz CT molecular complexity index is 696. The fourth-order valence-electron chi connectivity index (χ4n) is 2.26. The quantitative estimate of drug-likeness (QED) is 0.488. The van der Waals surface area contributed by atoms with Crippen molar-refractivity contribution in [2.45, 2.75) is 0 Å². The fourth-order valence-corrected chi connectivity index (χ4v) is 2.26. The second-order valence-electron chi connectivity index (χ2n) is 4.83. The Morgan fingerprint density at radius 3 is 2.74 bits per heavy atom. The zero-order valence-corrected chi connectivity index (χ0v) is 12.2. The summed E-state index contributed by atoms with van der Waals surface area (Å²) in [5.41, 5.74) is 3.94. The molecule has 0 bridgehead atoms. The van der Waals surface area contributed by atoms with Crippen molar-refractivity contribution in [3.63, 3.8) is 0 Å². The molecule has 1 saturated heterocycles. The van der Waals surface area contributed by atoms with Crippen LogP contribution in [-0.4, -0.2) is 52.3 Å².